The van der Waals surface area contributed by atoms with Gasteiger partial charge >= 0.3 is 5.97 Å². The second-order valence-corrected chi connectivity index (χ2v) is 30.6. The van der Waals surface area contributed by atoms with Gasteiger partial charge in [0.15, 0.2) is 18.9 Å². The lowest BCUT2D eigenvalue weighted by Gasteiger charge is -2.40. The second kappa shape index (κ2) is 45.6. The Labute approximate surface area is 653 Å². The highest BCUT2D eigenvalue weighted by atomic mass is 32.2. The zero-order valence-corrected chi connectivity index (χ0v) is 64.1. The Hall–Kier alpha value is -7.43. The fourth-order valence-electron chi connectivity index (χ4n) is 12.1. The van der Waals surface area contributed by atoms with Crippen LogP contribution in [0.2, 0.25) is 0 Å². The van der Waals surface area contributed by atoms with Gasteiger partial charge in [-0.2, -0.15) is 0 Å². The van der Waals surface area contributed by atoms with E-state index in [1.807, 2.05) is 0 Å². The highest BCUT2D eigenvalue weighted by Crippen LogP contribution is 2.32. The number of hydrogen-bond donors (Lipinski definition) is 19. The van der Waals surface area contributed by atoms with Gasteiger partial charge in [-0.05, 0) is 0 Å². The van der Waals surface area contributed by atoms with Crippen LogP contribution >= 0.6 is 35.3 Å². The minimum absolute atomic E-state index is 0.0660. The minimum atomic E-state index is -1.73. The Morgan fingerprint density at radius 2 is 0.696 bits per heavy atom. The molecule has 47 heteroatoms. The molecule has 0 saturated carbocycles. The molecule has 19 N–H and O–H groups in total. The van der Waals surface area contributed by atoms with Crippen LogP contribution in [0, 0.1) is 17.8 Å². The van der Waals surface area contributed by atoms with Crippen molar-refractivity contribution < 1.29 is 156 Å². The van der Waals surface area contributed by atoms with Gasteiger partial charge in [0, 0.05) is 120 Å². The number of carboxylic acids is 1. The zero-order valence-electron chi connectivity index (χ0n) is 61.6. The molecule has 6 rings (SSSR count). The van der Waals surface area contributed by atoms with E-state index >= 15 is 0 Å². The van der Waals surface area contributed by atoms with E-state index in [-0.39, 0.29) is 84.0 Å². The summed E-state index contributed by atoms with van der Waals surface area (Å²) in [5.41, 5.74) is 0. The first kappa shape index (κ1) is 93.4. The molecule has 0 radical (unpaired) electrons. The molecular weight excluding hydrogens is 1560 g/mol. The molecule has 44 nitrogen and oxygen atoms in total. The van der Waals surface area contributed by atoms with Crippen molar-refractivity contribution >= 4 is 130 Å². The number of carbonyl (C=O) groups is 16. The summed E-state index contributed by atoms with van der Waals surface area (Å²) in [6.45, 7) is -0.749. The van der Waals surface area contributed by atoms with Crippen molar-refractivity contribution in [3.05, 3.63) is 0 Å². The summed E-state index contributed by atoms with van der Waals surface area (Å²) in [4.78, 5) is 213. The molecule has 6 aliphatic heterocycles. The van der Waals surface area contributed by atoms with Crippen molar-refractivity contribution in [3.63, 3.8) is 0 Å². The van der Waals surface area contributed by atoms with Gasteiger partial charge in [0.2, 0.25) is 88.6 Å². The summed E-state index contributed by atoms with van der Waals surface area (Å²) in [5.74, 6) is -17.3. The van der Waals surface area contributed by atoms with E-state index in [0.717, 1.165) is 33.4 Å². The molecule has 6 aliphatic rings. The van der Waals surface area contributed by atoms with E-state index in [2.05, 4.69) is 47.9 Å². The quantitative estimate of drug-likeness (QED) is 0.0199. The van der Waals surface area contributed by atoms with E-state index in [1.54, 1.807) is 13.8 Å². The topological polar surface area (TPSA) is 649 Å². The molecule has 18 unspecified atom stereocenters. The highest BCUT2D eigenvalue weighted by Gasteiger charge is 2.47. The molecule has 6 fully saturated rings. The van der Waals surface area contributed by atoms with Crippen LogP contribution in [0.4, 0.5) is 0 Å². The summed E-state index contributed by atoms with van der Waals surface area (Å²) in [7, 11) is 0. The lowest BCUT2D eigenvalue weighted by molar-refractivity contribution is -0.281. The second-order valence-electron chi connectivity index (χ2n) is 26.9. The van der Waals surface area contributed by atoms with Gasteiger partial charge in [-0.25, -0.2) is 0 Å². The van der Waals surface area contributed by atoms with E-state index in [4.69, 9.17) is 28.4 Å². The molecule has 0 aromatic carbocycles. The van der Waals surface area contributed by atoms with Gasteiger partial charge in [0.05, 0.1) is 86.8 Å². The van der Waals surface area contributed by atoms with E-state index in [9.17, 15) is 128 Å². The Morgan fingerprint density at radius 3 is 0.964 bits per heavy atom. The Bertz CT molecular complexity index is 3330. The minimum Gasteiger partial charge on any atom is -0.480 e. The monoisotopic (exact) mass is 1660 g/mol. The third kappa shape index (κ3) is 27.4. The molecule has 0 spiro atoms. The maximum absolute atomic E-state index is 14.1. The first-order valence-electron chi connectivity index (χ1n) is 35.9. The fourth-order valence-corrected chi connectivity index (χ4v) is 15.6. The molecule has 0 aromatic heterocycles. The van der Waals surface area contributed by atoms with Crippen molar-refractivity contribution in [2.24, 2.45) is 17.8 Å². The van der Waals surface area contributed by atoms with Crippen LogP contribution in [0.1, 0.15) is 66.2 Å². The molecule has 6 saturated heterocycles. The average Bonchev–Trinajstić information content (AvgIpc) is 1.66. The number of amides is 15. The summed E-state index contributed by atoms with van der Waals surface area (Å²) >= 11 is 2.21. The number of imide groups is 3. The summed E-state index contributed by atoms with van der Waals surface area (Å²) in [5, 5.41) is 117. The number of likely N-dealkylation sites (tertiary alicyclic amines) is 3. The molecule has 15 amide bonds. The SMILES string of the molecule is CC(=O)N[C@@H](CSC1CC(=O)N(CCC(=O)NCCOC2OC(CO)C(O)C(O)C2C)C1=O)C(=O)NCC(=O)N[C@@H](CSC1CC(=O)N(CCC(=O)NCCOC2OC(CO)C(O)C(O)C2C)C1=O)C(=O)NCC(=O)N[C@@H](CSC1CC(=O)N(CCC(=O)NCCOC2OC(CO)C(O)C(O)C2C)C1=O)C(=O)NCC(=O)O. The zero-order chi connectivity index (χ0) is 82.8. The van der Waals surface area contributed by atoms with Crippen molar-refractivity contribution in [1.29, 1.82) is 0 Å². The number of aliphatic hydroxyl groups is 9. The fraction of sp³-hybridized carbons (Fsp3) is 0.754. The maximum atomic E-state index is 14.1. The number of thioether (sulfide) groups is 3. The predicted octanol–water partition coefficient (Wildman–Crippen LogP) is -11.7. The Balaban J connectivity index is 1.03. The number of aliphatic hydroxyl groups excluding tert-OH is 9. The number of carboxylic acid groups (broad SMARTS) is 1. The lowest BCUT2D eigenvalue weighted by Crippen LogP contribution is -2.55. The first-order valence-corrected chi connectivity index (χ1v) is 39.0. The summed E-state index contributed by atoms with van der Waals surface area (Å²) in [6.07, 6.45) is -16.7. The average molecular weight is 1660 g/mol. The largest absolute Gasteiger partial charge is 0.480 e. The van der Waals surface area contributed by atoms with Crippen molar-refractivity contribution in [2.75, 3.05) is 116 Å². The number of nitrogens with zero attached hydrogens (tertiary/aromatic N) is 3. The number of carbonyl (C=O) groups excluding carboxylic acids is 15. The van der Waals surface area contributed by atoms with Gasteiger partial charge in [0.25, 0.3) is 0 Å². The lowest BCUT2D eigenvalue weighted by atomic mass is 9.92. The smallest absolute Gasteiger partial charge is 0.322 e. The van der Waals surface area contributed by atoms with Crippen molar-refractivity contribution in [2.45, 2.75) is 174 Å². The molecule has 6 heterocycles. The highest BCUT2D eigenvalue weighted by molar-refractivity contribution is 8.01. The van der Waals surface area contributed by atoms with E-state index in [0.29, 0.717) is 23.5 Å². The molecule has 0 aromatic rings. The van der Waals surface area contributed by atoms with Crippen molar-refractivity contribution in [1.82, 2.24) is 62.6 Å². The Morgan fingerprint density at radius 1 is 0.420 bits per heavy atom. The van der Waals surface area contributed by atoms with E-state index < -0.39 is 290 Å². The molecule has 112 heavy (non-hydrogen) atoms. The van der Waals surface area contributed by atoms with Crippen LogP contribution in [-0.4, -0.2) is 384 Å². The van der Waals surface area contributed by atoms with Gasteiger partial charge < -0.3 is 127 Å². The number of aliphatic carboxylic acids is 1. The normalized spacial score (nSPS) is 28.8. The third-order valence-corrected chi connectivity index (χ3v) is 22.5. The van der Waals surface area contributed by atoms with Crippen LogP contribution in [0.3, 0.4) is 0 Å². The summed E-state index contributed by atoms with van der Waals surface area (Å²) in [6, 6.07) is -4.85. The van der Waals surface area contributed by atoms with E-state index in [1.165, 1.54) is 6.92 Å². The van der Waals surface area contributed by atoms with Crippen LogP contribution in [0.25, 0.3) is 0 Å². The first-order chi connectivity index (χ1) is 53.1. The number of nitrogens with one attached hydrogen (secondary N) is 9. The molecule has 630 valence electrons. The van der Waals surface area contributed by atoms with Gasteiger partial charge in [-0.1, -0.05) is 20.8 Å². The summed E-state index contributed by atoms with van der Waals surface area (Å²) < 4.78 is 33.2. The number of ether oxygens (including phenoxy) is 6. The van der Waals surface area contributed by atoms with Gasteiger partial charge in [0.1, 0.15) is 61.3 Å². The van der Waals surface area contributed by atoms with Crippen LogP contribution < -0.4 is 47.9 Å². The van der Waals surface area contributed by atoms with Gasteiger partial charge in [-0.15, -0.1) is 35.3 Å². The van der Waals surface area contributed by atoms with Crippen LogP contribution in [0.15, 0.2) is 0 Å². The van der Waals surface area contributed by atoms with Crippen LogP contribution in [0.5, 0.6) is 0 Å². The molecule has 0 aliphatic carbocycles. The number of rotatable bonds is 45. The molecule has 0 bridgehead atoms. The third-order valence-electron chi connectivity index (χ3n) is 18.6. The predicted molar refractivity (Wildman–Crippen MR) is 382 cm³/mol. The maximum Gasteiger partial charge on any atom is 0.322 e. The number of hydrogen-bond acceptors (Lipinski definition) is 34. The Kier molecular flexibility index (Phi) is 38.0. The molecular formula is C65H100N12O32S3. The standard InChI is InChI=1S/C65H100N12O32S3/c1-29-51(92)54(95)36(23-78)107-63(29)104-14-8-66-42(82)5-11-75-47(87)17-39(60(75)101)110-26-33(72-32(4)81)57(98)69-20-45(85)73-34(27-111-40-18-48(88)76(61(40)102)12-6-43(83)67-9-15-105-64-30(2)52(93)55(96)37(24-79)108-64)58(99)70-21-46(86)74-35(59(100)71-22-50(90)91)28-112-41-19-49(89)77(62(41)103)13-7-44(84)68-10-16-106-65-31(3)53(94)56(97)38(25-80)109-65/h29-31,33-41,51-56,63-65,78-80,92-97H,5-28H2,1-4H3,(H,66,82)(H,67,83)(H,68,84)(H,69,98)(H,70,99)(H,71,100)(H,72,81)(H,73,85)(H,74,86)(H,90,91)/t29?,30?,31?,33-,34-,35-,36?,37?,38?,39?,40?,41?,51?,52?,53?,54?,55?,56?,63?,64?,65?/m0/s1. The van der Waals surface area contributed by atoms with Gasteiger partial charge in [-0.3, -0.25) is 91.4 Å². The van der Waals surface area contributed by atoms with Crippen molar-refractivity contribution in [3.8, 4) is 0 Å². The van der Waals surface area contributed by atoms with Crippen LogP contribution in [-0.2, 0) is 105 Å². The molecule has 21 atom stereocenters.